The lowest BCUT2D eigenvalue weighted by Crippen LogP contribution is -2.30. The molecule has 0 unspecified atom stereocenters. The number of benzene rings is 1. The van der Waals surface area contributed by atoms with Crippen LogP contribution in [0, 0.1) is 13.8 Å². The van der Waals surface area contributed by atoms with E-state index in [0.717, 1.165) is 16.8 Å². The molecule has 0 spiro atoms. The van der Waals surface area contributed by atoms with Crippen LogP contribution in [-0.2, 0) is 0 Å². The van der Waals surface area contributed by atoms with Crippen molar-refractivity contribution in [2.75, 3.05) is 5.32 Å². The van der Waals surface area contributed by atoms with Gasteiger partial charge in [-0.25, -0.2) is 9.97 Å². The Hall–Kier alpha value is -2.14. The van der Waals surface area contributed by atoms with Gasteiger partial charge in [0.2, 0.25) is 5.95 Å². The van der Waals surface area contributed by atoms with Gasteiger partial charge in [0.15, 0.2) is 0 Å². The number of halogens is 1. The summed E-state index contributed by atoms with van der Waals surface area (Å²) in [6.45, 7) is 7.73. The van der Waals surface area contributed by atoms with Gasteiger partial charge in [-0.3, -0.25) is 4.79 Å². The first kappa shape index (κ1) is 16.2. The molecule has 1 heterocycles. The minimum Gasteiger partial charge on any atom is -0.349 e. The lowest BCUT2D eigenvalue weighted by Gasteiger charge is -2.12. The number of hydrogen-bond acceptors (Lipinski definition) is 4. The van der Waals surface area contributed by atoms with Gasteiger partial charge in [0.25, 0.3) is 5.91 Å². The van der Waals surface area contributed by atoms with Crippen LogP contribution in [0.15, 0.2) is 24.4 Å². The summed E-state index contributed by atoms with van der Waals surface area (Å²) in [6.07, 6.45) is 1.54. The van der Waals surface area contributed by atoms with E-state index in [-0.39, 0.29) is 11.9 Å². The summed E-state index contributed by atoms with van der Waals surface area (Å²) < 4.78 is 0. The number of amides is 1. The van der Waals surface area contributed by atoms with Crippen LogP contribution < -0.4 is 10.6 Å². The minimum absolute atomic E-state index is 0.0488. The van der Waals surface area contributed by atoms with E-state index in [9.17, 15) is 4.79 Å². The molecule has 5 nitrogen and oxygen atoms in total. The summed E-state index contributed by atoms with van der Waals surface area (Å²) in [6, 6.07) is 5.51. The Morgan fingerprint density at radius 3 is 2.64 bits per heavy atom. The molecule has 1 amide bonds. The molecule has 0 atom stereocenters. The first-order chi connectivity index (χ1) is 10.4. The zero-order valence-electron chi connectivity index (χ0n) is 13.1. The second-order valence-corrected chi connectivity index (χ2v) is 5.86. The Kier molecular flexibility index (Phi) is 4.98. The molecule has 0 saturated carbocycles. The number of nitrogens with one attached hydrogen (secondary N) is 2. The largest absolute Gasteiger partial charge is 0.349 e. The van der Waals surface area contributed by atoms with Gasteiger partial charge in [-0.2, -0.15) is 0 Å². The number of nitrogens with zero attached hydrogens (tertiary/aromatic N) is 2. The predicted octanol–water partition coefficient (Wildman–Crippen LogP) is 3.63. The van der Waals surface area contributed by atoms with Gasteiger partial charge in [-0.05, 0) is 51.0 Å². The molecule has 0 saturated heterocycles. The van der Waals surface area contributed by atoms with Gasteiger partial charge in [-0.15, -0.1) is 0 Å². The number of carbonyl (C=O) groups excluding carboxylic acids is 1. The monoisotopic (exact) mass is 318 g/mol. The van der Waals surface area contributed by atoms with Gasteiger partial charge in [-0.1, -0.05) is 17.7 Å². The number of aromatic nitrogens is 2. The van der Waals surface area contributed by atoms with Crippen molar-refractivity contribution in [3.63, 3.8) is 0 Å². The third-order valence-electron chi connectivity index (χ3n) is 2.98. The van der Waals surface area contributed by atoms with E-state index in [1.54, 1.807) is 12.3 Å². The smallest absolute Gasteiger partial charge is 0.270 e. The molecule has 0 bridgehead atoms. The summed E-state index contributed by atoms with van der Waals surface area (Å²) in [5.41, 5.74) is 3.13. The van der Waals surface area contributed by atoms with Crippen LogP contribution in [0.5, 0.6) is 0 Å². The SMILES string of the molecule is Cc1cc(C)c(Nc2nccc(C(=O)NC(C)C)n2)c(Cl)c1. The molecule has 116 valence electrons. The zero-order chi connectivity index (χ0) is 16.3. The minimum atomic E-state index is -0.229. The second-order valence-electron chi connectivity index (χ2n) is 5.46. The maximum atomic E-state index is 12.0. The van der Waals surface area contributed by atoms with Crippen LogP contribution in [-0.4, -0.2) is 21.9 Å². The number of aryl methyl sites for hydroxylation is 2. The molecule has 0 fully saturated rings. The Morgan fingerprint density at radius 2 is 2.00 bits per heavy atom. The van der Waals surface area contributed by atoms with Crippen LogP contribution in [0.4, 0.5) is 11.6 Å². The first-order valence-corrected chi connectivity index (χ1v) is 7.42. The molecule has 2 aromatic rings. The summed E-state index contributed by atoms with van der Waals surface area (Å²) in [7, 11) is 0. The third-order valence-corrected chi connectivity index (χ3v) is 3.27. The molecular weight excluding hydrogens is 300 g/mol. The van der Waals surface area contributed by atoms with Gasteiger partial charge in [0.05, 0.1) is 10.7 Å². The second kappa shape index (κ2) is 6.75. The normalized spacial score (nSPS) is 10.6. The first-order valence-electron chi connectivity index (χ1n) is 7.04. The van der Waals surface area contributed by atoms with Crippen LogP contribution in [0.2, 0.25) is 5.02 Å². The third kappa shape index (κ3) is 3.95. The topological polar surface area (TPSA) is 66.9 Å². The van der Waals surface area contributed by atoms with Crippen LogP contribution in [0.3, 0.4) is 0 Å². The summed E-state index contributed by atoms with van der Waals surface area (Å²) in [4.78, 5) is 20.4. The summed E-state index contributed by atoms with van der Waals surface area (Å²) >= 11 is 6.26. The maximum Gasteiger partial charge on any atom is 0.270 e. The standard InChI is InChI=1S/C16H19ClN4O/c1-9(2)19-15(22)13-5-6-18-16(20-13)21-14-11(4)7-10(3)8-12(14)17/h5-9H,1-4H3,(H,19,22)(H,18,20,21). The van der Waals surface area contributed by atoms with Crippen molar-refractivity contribution in [2.45, 2.75) is 33.7 Å². The van der Waals surface area contributed by atoms with Crippen molar-refractivity contribution in [1.82, 2.24) is 15.3 Å². The lowest BCUT2D eigenvalue weighted by molar-refractivity contribution is 0.0938. The van der Waals surface area contributed by atoms with Crippen molar-refractivity contribution < 1.29 is 4.79 Å². The number of carbonyl (C=O) groups is 1. The van der Waals surface area contributed by atoms with Gasteiger partial charge >= 0.3 is 0 Å². The molecule has 1 aromatic heterocycles. The van der Waals surface area contributed by atoms with E-state index in [0.29, 0.717) is 16.7 Å². The average molecular weight is 319 g/mol. The highest BCUT2D eigenvalue weighted by atomic mass is 35.5. The molecule has 6 heteroatoms. The van der Waals surface area contributed by atoms with Crippen molar-refractivity contribution in [2.24, 2.45) is 0 Å². The molecule has 22 heavy (non-hydrogen) atoms. The number of rotatable bonds is 4. The molecule has 0 radical (unpaired) electrons. The van der Waals surface area contributed by atoms with Crippen molar-refractivity contribution in [1.29, 1.82) is 0 Å². The van der Waals surface area contributed by atoms with E-state index in [4.69, 9.17) is 11.6 Å². The van der Waals surface area contributed by atoms with E-state index >= 15 is 0 Å². The van der Waals surface area contributed by atoms with Gasteiger partial charge < -0.3 is 10.6 Å². The Balaban J connectivity index is 2.26. The fraction of sp³-hybridized carbons (Fsp3) is 0.312. The molecular formula is C16H19ClN4O. The van der Waals surface area contributed by atoms with E-state index < -0.39 is 0 Å². The summed E-state index contributed by atoms with van der Waals surface area (Å²) in [5, 5.41) is 6.47. The van der Waals surface area contributed by atoms with Crippen molar-refractivity contribution >= 4 is 29.1 Å². The quantitative estimate of drug-likeness (QED) is 0.903. The van der Waals surface area contributed by atoms with Crippen molar-refractivity contribution in [3.05, 3.63) is 46.2 Å². The number of anilines is 2. The molecule has 0 aliphatic heterocycles. The summed E-state index contributed by atoms with van der Waals surface area (Å²) in [5.74, 6) is 0.109. The lowest BCUT2D eigenvalue weighted by atomic mass is 10.1. The van der Waals surface area contributed by atoms with Crippen molar-refractivity contribution in [3.8, 4) is 0 Å². The van der Waals surface area contributed by atoms with E-state index in [1.165, 1.54) is 0 Å². The molecule has 1 aromatic carbocycles. The van der Waals surface area contributed by atoms with Crippen LogP contribution in [0.1, 0.15) is 35.5 Å². The maximum absolute atomic E-state index is 12.0. The Bertz CT molecular complexity index is 677. The van der Waals surface area contributed by atoms with Gasteiger partial charge in [0, 0.05) is 12.2 Å². The highest BCUT2D eigenvalue weighted by molar-refractivity contribution is 6.33. The molecule has 0 aliphatic carbocycles. The van der Waals surface area contributed by atoms with E-state index in [1.807, 2.05) is 39.8 Å². The highest BCUT2D eigenvalue weighted by Gasteiger charge is 2.12. The van der Waals surface area contributed by atoms with Gasteiger partial charge in [0.1, 0.15) is 5.69 Å². The zero-order valence-corrected chi connectivity index (χ0v) is 13.8. The molecule has 2 N–H and O–H groups in total. The predicted molar refractivity (Wildman–Crippen MR) is 88.8 cm³/mol. The highest BCUT2D eigenvalue weighted by Crippen LogP contribution is 2.29. The van der Waals surface area contributed by atoms with Crippen LogP contribution >= 0.6 is 11.6 Å². The van der Waals surface area contributed by atoms with Crippen LogP contribution in [0.25, 0.3) is 0 Å². The fourth-order valence-electron chi connectivity index (χ4n) is 2.07. The van der Waals surface area contributed by atoms with E-state index in [2.05, 4.69) is 20.6 Å². The fourth-order valence-corrected chi connectivity index (χ4v) is 2.44. The Morgan fingerprint density at radius 1 is 1.27 bits per heavy atom. The Labute approximate surface area is 135 Å². The number of hydrogen-bond donors (Lipinski definition) is 2. The molecule has 0 aliphatic rings. The molecule has 2 rings (SSSR count). The average Bonchev–Trinajstić information content (AvgIpc) is 2.42.